The number of piperazine rings is 1. The minimum Gasteiger partial charge on any atom is -0.345 e. The minimum atomic E-state index is 0.578. The number of quaternary nitrogens is 1. The first-order chi connectivity index (χ1) is 6.75. The Labute approximate surface area is 89.3 Å². The summed E-state index contributed by atoms with van der Waals surface area (Å²) in [7, 11) is 2.22. The van der Waals surface area contributed by atoms with E-state index in [-0.39, 0.29) is 0 Å². The molecule has 0 radical (unpaired) electrons. The molecular formula is C10H15ClN3+. The van der Waals surface area contributed by atoms with Crippen molar-refractivity contribution in [2.45, 2.75) is 0 Å². The zero-order chi connectivity index (χ0) is 9.97. The van der Waals surface area contributed by atoms with Gasteiger partial charge in [-0.25, -0.2) is 4.98 Å². The molecule has 0 aliphatic carbocycles. The molecule has 2 heterocycles. The Morgan fingerprint density at radius 3 is 2.71 bits per heavy atom. The fourth-order valence-electron chi connectivity index (χ4n) is 1.69. The zero-order valence-electron chi connectivity index (χ0n) is 8.33. The van der Waals surface area contributed by atoms with Crippen LogP contribution in [0, 0.1) is 0 Å². The quantitative estimate of drug-likeness (QED) is 0.666. The van der Waals surface area contributed by atoms with Crippen LogP contribution in [-0.4, -0.2) is 38.2 Å². The monoisotopic (exact) mass is 212 g/mol. The van der Waals surface area contributed by atoms with E-state index in [0.717, 1.165) is 18.9 Å². The van der Waals surface area contributed by atoms with Crippen LogP contribution in [0.4, 0.5) is 5.82 Å². The molecule has 1 fully saturated rings. The number of hydrogen-bond acceptors (Lipinski definition) is 2. The Kier molecular flexibility index (Phi) is 2.89. The summed E-state index contributed by atoms with van der Waals surface area (Å²) in [4.78, 5) is 8.18. The Bertz CT molecular complexity index is 308. The normalized spacial score (nSPS) is 18.6. The average Bonchev–Trinajstić information content (AvgIpc) is 2.19. The van der Waals surface area contributed by atoms with Gasteiger partial charge in [-0.1, -0.05) is 17.7 Å². The summed E-state index contributed by atoms with van der Waals surface area (Å²) in [5.41, 5.74) is 0. The SMILES string of the molecule is C[NH+]1CCN(c2cccc(Cl)n2)CC1. The number of nitrogens with zero attached hydrogens (tertiary/aromatic N) is 2. The van der Waals surface area contributed by atoms with E-state index in [1.807, 2.05) is 18.2 Å². The van der Waals surface area contributed by atoms with Gasteiger partial charge in [0, 0.05) is 0 Å². The van der Waals surface area contributed by atoms with Crippen LogP contribution in [0.5, 0.6) is 0 Å². The van der Waals surface area contributed by atoms with Gasteiger partial charge in [0.05, 0.1) is 33.2 Å². The third-order valence-corrected chi connectivity index (χ3v) is 2.85. The molecule has 1 aliphatic rings. The summed E-state index contributed by atoms with van der Waals surface area (Å²) in [5.74, 6) is 1.00. The number of halogens is 1. The topological polar surface area (TPSA) is 20.6 Å². The second-order valence-corrected chi connectivity index (χ2v) is 4.15. The highest BCUT2D eigenvalue weighted by Gasteiger charge is 2.17. The van der Waals surface area contributed by atoms with Gasteiger partial charge in [0.1, 0.15) is 11.0 Å². The third-order valence-electron chi connectivity index (χ3n) is 2.64. The van der Waals surface area contributed by atoms with Crippen LogP contribution in [0.2, 0.25) is 5.15 Å². The van der Waals surface area contributed by atoms with Crippen LogP contribution in [0.15, 0.2) is 18.2 Å². The van der Waals surface area contributed by atoms with Crippen molar-refractivity contribution in [2.75, 3.05) is 38.1 Å². The molecule has 0 amide bonds. The number of rotatable bonds is 1. The van der Waals surface area contributed by atoms with Gasteiger partial charge in [-0.2, -0.15) is 0 Å². The number of hydrogen-bond donors (Lipinski definition) is 1. The largest absolute Gasteiger partial charge is 0.345 e. The van der Waals surface area contributed by atoms with E-state index in [1.54, 1.807) is 4.90 Å². The van der Waals surface area contributed by atoms with Gasteiger partial charge in [-0.3, -0.25) is 0 Å². The summed E-state index contributed by atoms with van der Waals surface area (Å²) >= 11 is 5.85. The lowest BCUT2D eigenvalue weighted by atomic mass is 10.3. The molecule has 1 aromatic rings. The molecule has 2 rings (SSSR count). The van der Waals surface area contributed by atoms with Crippen LogP contribution in [-0.2, 0) is 0 Å². The number of anilines is 1. The van der Waals surface area contributed by atoms with E-state index < -0.39 is 0 Å². The summed E-state index contributed by atoms with van der Waals surface area (Å²) in [6.45, 7) is 4.49. The first-order valence-corrected chi connectivity index (χ1v) is 5.32. The van der Waals surface area contributed by atoms with E-state index in [2.05, 4.69) is 16.9 Å². The Balaban J connectivity index is 2.08. The molecule has 0 atom stereocenters. The van der Waals surface area contributed by atoms with Gasteiger partial charge < -0.3 is 9.80 Å². The highest BCUT2D eigenvalue weighted by molar-refractivity contribution is 6.29. The fraction of sp³-hybridized carbons (Fsp3) is 0.500. The van der Waals surface area contributed by atoms with E-state index in [4.69, 9.17) is 11.6 Å². The predicted molar refractivity (Wildman–Crippen MR) is 58.1 cm³/mol. The molecule has 1 N–H and O–H groups in total. The predicted octanol–water partition coefficient (Wildman–Crippen LogP) is 0.0697. The summed E-state index contributed by atoms with van der Waals surface area (Å²) in [6, 6.07) is 5.79. The van der Waals surface area contributed by atoms with Crippen molar-refractivity contribution in [3.63, 3.8) is 0 Å². The maximum atomic E-state index is 5.85. The van der Waals surface area contributed by atoms with Crippen molar-refractivity contribution in [1.29, 1.82) is 0 Å². The first kappa shape index (κ1) is 9.74. The molecule has 1 saturated heterocycles. The standard InChI is InChI=1S/C10H14ClN3/c1-13-5-7-14(8-6-13)10-4-2-3-9(11)12-10/h2-4H,5-8H2,1H3/p+1. The van der Waals surface area contributed by atoms with Gasteiger partial charge in [0.15, 0.2) is 0 Å². The van der Waals surface area contributed by atoms with Crippen LogP contribution in [0.1, 0.15) is 0 Å². The van der Waals surface area contributed by atoms with Gasteiger partial charge in [0.2, 0.25) is 0 Å². The molecule has 4 heteroatoms. The number of aromatic nitrogens is 1. The van der Waals surface area contributed by atoms with Gasteiger partial charge >= 0.3 is 0 Å². The van der Waals surface area contributed by atoms with Crippen LogP contribution in [0.3, 0.4) is 0 Å². The molecule has 1 aromatic heterocycles. The highest BCUT2D eigenvalue weighted by atomic mass is 35.5. The molecule has 0 saturated carbocycles. The van der Waals surface area contributed by atoms with E-state index in [9.17, 15) is 0 Å². The van der Waals surface area contributed by atoms with Crippen molar-refractivity contribution < 1.29 is 4.90 Å². The Hall–Kier alpha value is -0.800. The smallest absolute Gasteiger partial charge is 0.131 e. The number of likely N-dealkylation sites (N-methyl/N-ethyl adjacent to an activating group) is 1. The highest BCUT2D eigenvalue weighted by Crippen LogP contribution is 2.13. The number of nitrogens with one attached hydrogen (secondary N) is 1. The summed E-state index contributed by atoms with van der Waals surface area (Å²) in [5, 5.41) is 0.578. The zero-order valence-corrected chi connectivity index (χ0v) is 9.09. The minimum absolute atomic E-state index is 0.578. The lowest BCUT2D eigenvalue weighted by Gasteiger charge is -2.30. The summed E-state index contributed by atoms with van der Waals surface area (Å²) < 4.78 is 0. The molecule has 3 nitrogen and oxygen atoms in total. The van der Waals surface area contributed by atoms with Crippen LogP contribution >= 0.6 is 11.6 Å². The van der Waals surface area contributed by atoms with Crippen molar-refractivity contribution in [2.24, 2.45) is 0 Å². The van der Waals surface area contributed by atoms with Gasteiger partial charge in [-0.05, 0) is 12.1 Å². The van der Waals surface area contributed by atoms with Gasteiger partial charge in [0.25, 0.3) is 0 Å². The first-order valence-electron chi connectivity index (χ1n) is 4.94. The van der Waals surface area contributed by atoms with E-state index in [1.165, 1.54) is 13.1 Å². The molecule has 0 bridgehead atoms. The van der Waals surface area contributed by atoms with Gasteiger partial charge in [-0.15, -0.1) is 0 Å². The van der Waals surface area contributed by atoms with Crippen molar-refractivity contribution in [3.05, 3.63) is 23.4 Å². The second-order valence-electron chi connectivity index (χ2n) is 3.76. The van der Waals surface area contributed by atoms with E-state index >= 15 is 0 Å². The van der Waals surface area contributed by atoms with E-state index in [0.29, 0.717) is 5.15 Å². The lowest BCUT2D eigenvalue weighted by Crippen LogP contribution is -3.12. The van der Waals surface area contributed by atoms with Crippen molar-refractivity contribution >= 4 is 17.4 Å². The van der Waals surface area contributed by atoms with Crippen LogP contribution < -0.4 is 9.80 Å². The molecule has 0 unspecified atom stereocenters. The Morgan fingerprint density at radius 2 is 2.07 bits per heavy atom. The summed E-state index contributed by atoms with van der Waals surface area (Å²) in [6.07, 6.45) is 0. The molecule has 14 heavy (non-hydrogen) atoms. The molecule has 0 spiro atoms. The maximum Gasteiger partial charge on any atom is 0.131 e. The van der Waals surface area contributed by atoms with Crippen molar-refractivity contribution in [3.8, 4) is 0 Å². The molecular weight excluding hydrogens is 198 g/mol. The lowest BCUT2D eigenvalue weighted by molar-refractivity contribution is -0.880. The Morgan fingerprint density at radius 1 is 1.36 bits per heavy atom. The maximum absolute atomic E-state index is 5.85. The number of pyridine rings is 1. The molecule has 76 valence electrons. The fourth-order valence-corrected chi connectivity index (χ4v) is 1.85. The molecule has 0 aromatic carbocycles. The van der Waals surface area contributed by atoms with Crippen LogP contribution in [0.25, 0.3) is 0 Å². The van der Waals surface area contributed by atoms with Crippen molar-refractivity contribution in [1.82, 2.24) is 4.98 Å². The molecule has 1 aliphatic heterocycles. The third kappa shape index (κ3) is 2.16. The second kappa shape index (κ2) is 4.15. The average molecular weight is 213 g/mol.